The lowest BCUT2D eigenvalue weighted by molar-refractivity contribution is 0.0598. The number of nitrogens with two attached hydrogens (primary N) is 1. The summed E-state index contributed by atoms with van der Waals surface area (Å²) in [5.74, 6) is 0.656. The Balaban J connectivity index is 2.09. The number of nitrogens with zero attached hydrogens (tertiary/aromatic N) is 1. The topological polar surface area (TPSA) is 38.5 Å². The molecular weight excluding hydrogens is 256 g/mol. The Morgan fingerprint density at radius 3 is 3.05 bits per heavy atom. The molecule has 0 saturated carbocycles. The summed E-state index contributed by atoms with van der Waals surface area (Å²) in [7, 11) is 1.80. The largest absolute Gasteiger partial charge is 0.384 e. The quantitative estimate of drug-likeness (QED) is 0.872. The van der Waals surface area contributed by atoms with E-state index in [9.17, 15) is 0 Å². The fraction of sp³-hybridized carbons (Fsp3) is 0.733. The van der Waals surface area contributed by atoms with Crippen molar-refractivity contribution in [2.75, 3.05) is 26.8 Å². The molecule has 0 aromatic carbocycles. The Morgan fingerprint density at radius 1 is 1.58 bits per heavy atom. The number of likely N-dealkylation sites (tertiary alicyclic amines) is 1. The van der Waals surface area contributed by atoms with Crippen molar-refractivity contribution in [3.63, 3.8) is 0 Å². The molecule has 0 radical (unpaired) electrons. The number of ether oxygens (including phenoxy) is 1. The van der Waals surface area contributed by atoms with E-state index in [4.69, 9.17) is 10.5 Å². The van der Waals surface area contributed by atoms with Gasteiger partial charge in [-0.1, -0.05) is 6.92 Å². The third-order valence-corrected chi connectivity index (χ3v) is 4.81. The first kappa shape index (κ1) is 15.0. The average Bonchev–Trinajstić information content (AvgIpc) is 2.93. The maximum absolute atomic E-state index is 6.39. The van der Waals surface area contributed by atoms with Gasteiger partial charge in [0.05, 0.1) is 12.6 Å². The zero-order valence-electron chi connectivity index (χ0n) is 12.0. The van der Waals surface area contributed by atoms with Crippen LogP contribution in [0.1, 0.15) is 37.8 Å². The lowest BCUT2D eigenvalue weighted by Crippen LogP contribution is -2.46. The van der Waals surface area contributed by atoms with E-state index in [1.165, 1.54) is 18.4 Å². The SMILES string of the molecule is CCC(N)C(c1ccsc1)N1CCCC(COC)C1. The maximum Gasteiger partial charge on any atom is 0.0507 e. The smallest absolute Gasteiger partial charge is 0.0507 e. The molecule has 2 rings (SSSR count). The molecule has 0 aliphatic carbocycles. The Hall–Kier alpha value is -0.420. The second kappa shape index (κ2) is 7.39. The second-order valence-corrected chi connectivity index (χ2v) is 6.31. The van der Waals surface area contributed by atoms with Crippen LogP contribution in [0, 0.1) is 5.92 Å². The van der Waals surface area contributed by atoms with Crippen LogP contribution in [0.4, 0.5) is 0 Å². The minimum atomic E-state index is 0.218. The van der Waals surface area contributed by atoms with Crippen LogP contribution in [0.5, 0.6) is 0 Å². The highest BCUT2D eigenvalue weighted by molar-refractivity contribution is 7.07. The molecule has 4 heteroatoms. The number of piperidine rings is 1. The van der Waals surface area contributed by atoms with Crippen LogP contribution in [0.3, 0.4) is 0 Å². The van der Waals surface area contributed by atoms with E-state index in [0.29, 0.717) is 12.0 Å². The lowest BCUT2D eigenvalue weighted by Gasteiger charge is -2.40. The van der Waals surface area contributed by atoms with E-state index >= 15 is 0 Å². The van der Waals surface area contributed by atoms with Crippen LogP contribution in [0.15, 0.2) is 16.8 Å². The first-order valence-corrected chi connectivity index (χ1v) is 8.21. The fourth-order valence-corrected chi connectivity index (χ4v) is 3.81. The lowest BCUT2D eigenvalue weighted by atomic mass is 9.92. The molecule has 1 aromatic heterocycles. The molecule has 1 aliphatic heterocycles. The minimum absolute atomic E-state index is 0.218. The molecule has 0 spiro atoms. The summed E-state index contributed by atoms with van der Waals surface area (Å²) in [6, 6.07) is 2.82. The monoisotopic (exact) mass is 282 g/mol. The molecule has 108 valence electrons. The summed E-state index contributed by atoms with van der Waals surface area (Å²) in [5, 5.41) is 4.40. The van der Waals surface area contributed by atoms with E-state index in [1.54, 1.807) is 18.4 Å². The van der Waals surface area contributed by atoms with Gasteiger partial charge in [-0.05, 0) is 54.1 Å². The fourth-order valence-electron chi connectivity index (χ4n) is 3.12. The highest BCUT2D eigenvalue weighted by Crippen LogP contribution is 2.31. The highest BCUT2D eigenvalue weighted by Gasteiger charge is 2.30. The number of hydrogen-bond donors (Lipinski definition) is 1. The Labute approximate surface area is 120 Å². The van der Waals surface area contributed by atoms with Gasteiger partial charge in [0.2, 0.25) is 0 Å². The first-order valence-electron chi connectivity index (χ1n) is 7.27. The van der Waals surface area contributed by atoms with Crippen molar-refractivity contribution in [2.45, 2.75) is 38.3 Å². The number of methoxy groups -OCH3 is 1. The van der Waals surface area contributed by atoms with Gasteiger partial charge in [0, 0.05) is 19.7 Å². The van der Waals surface area contributed by atoms with Crippen LogP contribution in [0.25, 0.3) is 0 Å². The molecule has 2 N–H and O–H groups in total. The van der Waals surface area contributed by atoms with Crippen molar-refractivity contribution >= 4 is 11.3 Å². The predicted octanol–water partition coefficient (Wildman–Crippen LogP) is 2.88. The third kappa shape index (κ3) is 3.78. The van der Waals surface area contributed by atoms with E-state index in [-0.39, 0.29) is 6.04 Å². The van der Waals surface area contributed by atoms with Gasteiger partial charge >= 0.3 is 0 Å². The van der Waals surface area contributed by atoms with Crippen molar-refractivity contribution in [1.29, 1.82) is 0 Å². The molecule has 1 aromatic rings. The van der Waals surface area contributed by atoms with Gasteiger partial charge in [0.25, 0.3) is 0 Å². The van der Waals surface area contributed by atoms with E-state index in [0.717, 1.165) is 26.1 Å². The van der Waals surface area contributed by atoms with Crippen molar-refractivity contribution in [3.05, 3.63) is 22.4 Å². The van der Waals surface area contributed by atoms with Gasteiger partial charge in [0.15, 0.2) is 0 Å². The summed E-state index contributed by atoms with van der Waals surface area (Å²) in [6.45, 7) is 5.32. The molecule has 1 saturated heterocycles. The Morgan fingerprint density at radius 2 is 2.42 bits per heavy atom. The summed E-state index contributed by atoms with van der Waals surface area (Å²) in [6.07, 6.45) is 3.55. The molecule has 1 fully saturated rings. The van der Waals surface area contributed by atoms with Crippen molar-refractivity contribution in [2.24, 2.45) is 11.7 Å². The molecule has 0 amide bonds. The predicted molar refractivity (Wildman–Crippen MR) is 81.5 cm³/mol. The van der Waals surface area contributed by atoms with Crippen LogP contribution >= 0.6 is 11.3 Å². The third-order valence-electron chi connectivity index (χ3n) is 4.11. The summed E-state index contributed by atoms with van der Waals surface area (Å²) < 4.78 is 5.33. The summed E-state index contributed by atoms with van der Waals surface area (Å²) in [5.41, 5.74) is 7.78. The van der Waals surface area contributed by atoms with E-state index in [2.05, 4.69) is 28.7 Å². The minimum Gasteiger partial charge on any atom is -0.384 e. The molecule has 2 heterocycles. The molecule has 3 atom stereocenters. The van der Waals surface area contributed by atoms with Gasteiger partial charge in [-0.2, -0.15) is 11.3 Å². The molecule has 19 heavy (non-hydrogen) atoms. The first-order chi connectivity index (χ1) is 9.26. The number of thiophene rings is 1. The van der Waals surface area contributed by atoms with Gasteiger partial charge in [-0.25, -0.2) is 0 Å². The standard InChI is InChI=1S/C15H26N2OS/c1-3-14(16)15(13-6-8-19-11-13)17-7-4-5-12(9-17)10-18-2/h6,8,11-12,14-15H,3-5,7,9-10,16H2,1-2H3. The summed E-state index contributed by atoms with van der Waals surface area (Å²) >= 11 is 1.76. The Kier molecular flexibility index (Phi) is 5.82. The second-order valence-electron chi connectivity index (χ2n) is 5.53. The molecule has 3 unspecified atom stereocenters. The van der Waals surface area contributed by atoms with Crippen LogP contribution < -0.4 is 5.73 Å². The van der Waals surface area contributed by atoms with E-state index in [1.807, 2.05) is 0 Å². The van der Waals surface area contributed by atoms with Crippen molar-refractivity contribution in [1.82, 2.24) is 4.90 Å². The van der Waals surface area contributed by atoms with Gasteiger partial charge in [-0.3, -0.25) is 4.90 Å². The molecule has 1 aliphatic rings. The van der Waals surface area contributed by atoms with Crippen LogP contribution in [-0.4, -0.2) is 37.7 Å². The Bertz CT molecular complexity index is 353. The zero-order valence-corrected chi connectivity index (χ0v) is 12.9. The highest BCUT2D eigenvalue weighted by atomic mass is 32.1. The number of rotatable bonds is 6. The average molecular weight is 282 g/mol. The number of hydrogen-bond acceptors (Lipinski definition) is 4. The van der Waals surface area contributed by atoms with Crippen molar-refractivity contribution in [3.8, 4) is 0 Å². The molecule has 3 nitrogen and oxygen atoms in total. The van der Waals surface area contributed by atoms with Gasteiger partial charge < -0.3 is 10.5 Å². The summed E-state index contributed by atoms with van der Waals surface area (Å²) in [4.78, 5) is 2.57. The van der Waals surface area contributed by atoms with Crippen molar-refractivity contribution < 1.29 is 4.74 Å². The zero-order chi connectivity index (χ0) is 13.7. The van der Waals surface area contributed by atoms with Gasteiger partial charge in [-0.15, -0.1) is 0 Å². The van der Waals surface area contributed by atoms with Crippen LogP contribution in [-0.2, 0) is 4.74 Å². The maximum atomic E-state index is 6.39. The van der Waals surface area contributed by atoms with Gasteiger partial charge in [0.1, 0.15) is 0 Å². The normalized spacial score (nSPS) is 24.3. The molecule has 0 bridgehead atoms. The molecular formula is C15H26N2OS. The van der Waals surface area contributed by atoms with E-state index < -0.39 is 0 Å². The van der Waals surface area contributed by atoms with Crippen LogP contribution in [0.2, 0.25) is 0 Å².